The molecular formula is C10H17NO5. The number of hydrogen-bond acceptors (Lipinski definition) is 4. The van der Waals surface area contributed by atoms with E-state index in [-0.39, 0.29) is 25.0 Å². The van der Waals surface area contributed by atoms with E-state index in [0.29, 0.717) is 6.61 Å². The molecular weight excluding hydrogens is 214 g/mol. The second kappa shape index (κ2) is 6.44. The van der Waals surface area contributed by atoms with Crippen molar-refractivity contribution in [1.29, 1.82) is 0 Å². The van der Waals surface area contributed by atoms with Gasteiger partial charge in [-0.1, -0.05) is 0 Å². The highest BCUT2D eigenvalue weighted by molar-refractivity contribution is 5.81. The molecule has 1 unspecified atom stereocenters. The summed E-state index contributed by atoms with van der Waals surface area (Å²) in [6.07, 6.45) is 0.608. The zero-order chi connectivity index (χ0) is 12.0. The van der Waals surface area contributed by atoms with Gasteiger partial charge in [-0.3, -0.25) is 9.59 Å². The molecule has 6 heteroatoms. The van der Waals surface area contributed by atoms with Gasteiger partial charge in [-0.2, -0.15) is 0 Å². The van der Waals surface area contributed by atoms with Crippen LogP contribution in [0.15, 0.2) is 0 Å². The quantitative estimate of drug-likeness (QED) is 0.659. The van der Waals surface area contributed by atoms with E-state index in [1.54, 1.807) is 0 Å². The van der Waals surface area contributed by atoms with E-state index in [9.17, 15) is 9.59 Å². The largest absolute Gasteiger partial charge is 0.481 e. The molecule has 0 saturated carbocycles. The fourth-order valence-corrected chi connectivity index (χ4v) is 1.55. The lowest BCUT2D eigenvalue weighted by molar-refractivity contribution is -0.140. The van der Waals surface area contributed by atoms with E-state index in [0.717, 1.165) is 12.8 Å². The minimum Gasteiger partial charge on any atom is -0.481 e. The lowest BCUT2D eigenvalue weighted by Gasteiger charge is -2.15. The van der Waals surface area contributed by atoms with Crippen molar-refractivity contribution in [2.24, 2.45) is 0 Å². The van der Waals surface area contributed by atoms with Gasteiger partial charge in [-0.15, -0.1) is 0 Å². The zero-order valence-corrected chi connectivity index (χ0v) is 9.27. The van der Waals surface area contributed by atoms with Gasteiger partial charge in [0, 0.05) is 20.3 Å². The van der Waals surface area contributed by atoms with Crippen LogP contribution in [0.2, 0.25) is 0 Å². The normalized spacial score (nSPS) is 21.7. The Kier molecular flexibility index (Phi) is 5.21. The molecule has 0 bridgehead atoms. The van der Waals surface area contributed by atoms with Crippen LogP contribution in [0.4, 0.5) is 0 Å². The number of carboxylic acids is 1. The molecule has 16 heavy (non-hydrogen) atoms. The van der Waals surface area contributed by atoms with E-state index in [4.69, 9.17) is 14.6 Å². The average molecular weight is 231 g/mol. The summed E-state index contributed by atoms with van der Waals surface area (Å²) in [6, 6.07) is 0. The van der Waals surface area contributed by atoms with Crippen molar-refractivity contribution in [2.75, 3.05) is 20.3 Å². The summed E-state index contributed by atoms with van der Waals surface area (Å²) in [5, 5.41) is 11.2. The number of amides is 1. The van der Waals surface area contributed by atoms with Gasteiger partial charge in [-0.05, 0) is 12.8 Å². The first kappa shape index (κ1) is 12.9. The molecule has 1 aliphatic heterocycles. The van der Waals surface area contributed by atoms with Crippen LogP contribution >= 0.6 is 0 Å². The van der Waals surface area contributed by atoms with Crippen LogP contribution in [0.25, 0.3) is 0 Å². The molecule has 0 radical (unpaired) electrons. The molecule has 1 heterocycles. The monoisotopic (exact) mass is 231 g/mol. The number of rotatable bonds is 6. The molecule has 0 aromatic heterocycles. The first-order chi connectivity index (χ1) is 7.63. The van der Waals surface area contributed by atoms with Gasteiger partial charge in [-0.25, -0.2) is 0 Å². The number of nitrogens with one attached hydrogen (secondary N) is 1. The summed E-state index contributed by atoms with van der Waals surface area (Å²) in [7, 11) is 1.42. The molecule has 2 atom stereocenters. The number of hydrogen-bond donors (Lipinski definition) is 2. The van der Waals surface area contributed by atoms with Gasteiger partial charge in [0.05, 0.1) is 12.5 Å². The van der Waals surface area contributed by atoms with Crippen LogP contribution < -0.4 is 5.32 Å². The van der Waals surface area contributed by atoms with Crippen LogP contribution in [0, 0.1) is 0 Å². The zero-order valence-electron chi connectivity index (χ0n) is 9.27. The fourth-order valence-electron chi connectivity index (χ4n) is 1.55. The van der Waals surface area contributed by atoms with Gasteiger partial charge in [0.15, 0.2) is 0 Å². The average Bonchev–Trinajstić information content (AvgIpc) is 2.76. The summed E-state index contributed by atoms with van der Waals surface area (Å²) in [5.41, 5.74) is 0. The number of aliphatic carboxylic acids is 1. The summed E-state index contributed by atoms with van der Waals surface area (Å²) in [5.74, 6) is -1.14. The number of ether oxygens (including phenoxy) is 2. The van der Waals surface area contributed by atoms with E-state index < -0.39 is 12.1 Å². The van der Waals surface area contributed by atoms with E-state index in [1.807, 2.05) is 0 Å². The van der Waals surface area contributed by atoms with Crippen molar-refractivity contribution < 1.29 is 24.2 Å². The highest BCUT2D eigenvalue weighted by Crippen LogP contribution is 2.11. The smallest absolute Gasteiger partial charge is 0.306 e. The summed E-state index contributed by atoms with van der Waals surface area (Å²) >= 11 is 0. The van der Waals surface area contributed by atoms with Gasteiger partial charge >= 0.3 is 5.97 Å². The van der Waals surface area contributed by atoms with Crippen LogP contribution in [0.1, 0.15) is 19.3 Å². The lowest BCUT2D eigenvalue weighted by atomic mass is 10.2. The topological polar surface area (TPSA) is 84.9 Å². The first-order valence-corrected chi connectivity index (χ1v) is 5.27. The SMILES string of the molecule is COC(CNC(=O)[C@@H]1CCCO1)CC(=O)O. The Morgan fingerprint density at radius 2 is 2.38 bits per heavy atom. The highest BCUT2D eigenvalue weighted by atomic mass is 16.5. The summed E-state index contributed by atoms with van der Waals surface area (Å²) in [4.78, 5) is 22.0. The third kappa shape index (κ3) is 4.16. The van der Waals surface area contributed by atoms with Crippen LogP contribution in [-0.2, 0) is 19.1 Å². The molecule has 2 N–H and O–H groups in total. The van der Waals surface area contributed by atoms with Crippen LogP contribution in [-0.4, -0.2) is 49.5 Å². The van der Waals surface area contributed by atoms with Crippen LogP contribution in [0.5, 0.6) is 0 Å². The lowest BCUT2D eigenvalue weighted by Crippen LogP contribution is -2.40. The predicted octanol–water partition coefficient (Wildman–Crippen LogP) is -0.229. The molecule has 0 aromatic rings. The van der Waals surface area contributed by atoms with Gasteiger partial charge in [0.1, 0.15) is 6.10 Å². The van der Waals surface area contributed by atoms with Crippen molar-refractivity contribution in [3.05, 3.63) is 0 Å². The summed E-state index contributed by atoms with van der Waals surface area (Å²) in [6.45, 7) is 0.808. The third-order valence-electron chi connectivity index (χ3n) is 2.46. The van der Waals surface area contributed by atoms with Crippen molar-refractivity contribution in [3.8, 4) is 0 Å². The van der Waals surface area contributed by atoms with E-state index in [2.05, 4.69) is 5.32 Å². The Bertz CT molecular complexity index is 250. The molecule has 6 nitrogen and oxygen atoms in total. The molecule has 0 aromatic carbocycles. The van der Waals surface area contributed by atoms with Crippen LogP contribution in [0.3, 0.4) is 0 Å². The molecule has 1 amide bonds. The van der Waals surface area contributed by atoms with E-state index in [1.165, 1.54) is 7.11 Å². The molecule has 1 aliphatic rings. The van der Waals surface area contributed by atoms with Gasteiger partial charge in [0.25, 0.3) is 0 Å². The minimum atomic E-state index is -0.946. The molecule has 0 spiro atoms. The second-order valence-electron chi connectivity index (χ2n) is 3.70. The van der Waals surface area contributed by atoms with Gasteiger partial charge < -0.3 is 19.9 Å². The Labute approximate surface area is 93.9 Å². The number of carbonyl (C=O) groups excluding carboxylic acids is 1. The van der Waals surface area contributed by atoms with Gasteiger partial charge in [0.2, 0.25) is 5.91 Å². The second-order valence-corrected chi connectivity index (χ2v) is 3.70. The molecule has 92 valence electrons. The predicted molar refractivity (Wildman–Crippen MR) is 55.0 cm³/mol. The summed E-state index contributed by atoms with van der Waals surface area (Å²) < 4.78 is 10.1. The molecule has 1 saturated heterocycles. The number of methoxy groups -OCH3 is 1. The van der Waals surface area contributed by atoms with Crippen molar-refractivity contribution in [3.63, 3.8) is 0 Å². The Hall–Kier alpha value is -1.14. The Balaban J connectivity index is 2.25. The molecule has 0 aliphatic carbocycles. The molecule has 1 rings (SSSR count). The molecule has 1 fully saturated rings. The fraction of sp³-hybridized carbons (Fsp3) is 0.800. The van der Waals surface area contributed by atoms with Crippen molar-refractivity contribution in [2.45, 2.75) is 31.5 Å². The maximum atomic E-state index is 11.5. The van der Waals surface area contributed by atoms with E-state index >= 15 is 0 Å². The Morgan fingerprint density at radius 3 is 2.88 bits per heavy atom. The maximum absolute atomic E-state index is 11.5. The number of carboxylic acid groups (broad SMARTS) is 1. The minimum absolute atomic E-state index is 0.123. The Morgan fingerprint density at radius 1 is 1.62 bits per heavy atom. The maximum Gasteiger partial charge on any atom is 0.306 e. The third-order valence-corrected chi connectivity index (χ3v) is 2.46. The van der Waals surface area contributed by atoms with Crippen molar-refractivity contribution in [1.82, 2.24) is 5.32 Å². The first-order valence-electron chi connectivity index (χ1n) is 5.27. The highest BCUT2D eigenvalue weighted by Gasteiger charge is 2.24. The standard InChI is InChI=1S/C10H17NO5/c1-15-7(5-9(12)13)6-11-10(14)8-3-2-4-16-8/h7-8H,2-6H2,1H3,(H,11,14)(H,12,13)/t7?,8-/m0/s1. The van der Waals surface area contributed by atoms with Crippen molar-refractivity contribution >= 4 is 11.9 Å². The number of carbonyl (C=O) groups is 2.